The Labute approximate surface area is 193 Å². The summed E-state index contributed by atoms with van der Waals surface area (Å²) in [7, 11) is 1.12. The van der Waals surface area contributed by atoms with Gasteiger partial charge in [0.25, 0.3) is 5.91 Å². The van der Waals surface area contributed by atoms with Gasteiger partial charge in [-0.1, -0.05) is 26.0 Å². The average Bonchev–Trinajstić information content (AvgIpc) is 2.71. The van der Waals surface area contributed by atoms with Crippen molar-refractivity contribution >= 4 is 40.7 Å². The van der Waals surface area contributed by atoms with Gasteiger partial charge in [-0.15, -0.1) is 0 Å². The lowest BCUT2D eigenvalue weighted by atomic mass is 9.85. The zero-order valence-corrected chi connectivity index (χ0v) is 19.8. The Balaban J connectivity index is 3.09. The third-order valence-corrected chi connectivity index (χ3v) is 5.34. The molecule has 1 aromatic rings. The van der Waals surface area contributed by atoms with Crippen molar-refractivity contribution in [3.63, 3.8) is 0 Å². The number of carboxylic acid groups (broad SMARTS) is 1. The molecule has 0 aliphatic rings. The molecule has 0 fully saturated rings. The Hall–Kier alpha value is -2.19. The minimum absolute atomic E-state index is 0.564. The van der Waals surface area contributed by atoms with E-state index in [0.29, 0.717) is 5.56 Å². The van der Waals surface area contributed by atoms with Gasteiger partial charge < -0.3 is 25.6 Å². The summed E-state index contributed by atoms with van der Waals surface area (Å²) in [5.41, 5.74) is 4.38. The standard InChI is InChI=1S/C19H28FIN4O6/c1-10(22-17(28)29)14(26)13(11-5-7-12(21)8-6-11)24-25-16(27)15(19(2,3)9-20)23-18(30)31-4/h5-8,10,13-15,22,24,26H,9H2,1-4H3,(H,23,30)(H,25,27)(H,28,29)/t10-,13?,14-,15+/m0/s1. The molecule has 4 atom stereocenters. The van der Waals surface area contributed by atoms with Crippen LogP contribution in [0.15, 0.2) is 24.3 Å². The van der Waals surface area contributed by atoms with Crippen LogP contribution in [-0.4, -0.2) is 60.3 Å². The van der Waals surface area contributed by atoms with Crippen LogP contribution in [0.1, 0.15) is 32.4 Å². The number of aliphatic hydroxyl groups is 1. The first-order chi connectivity index (χ1) is 14.4. The molecule has 0 saturated carbocycles. The fourth-order valence-corrected chi connectivity index (χ4v) is 3.06. The highest BCUT2D eigenvalue weighted by Crippen LogP contribution is 2.23. The van der Waals surface area contributed by atoms with Crippen LogP contribution in [0.5, 0.6) is 0 Å². The number of carbonyl (C=O) groups is 3. The van der Waals surface area contributed by atoms with E-state index in [0.717, 1.165) is 10.7 Å². The molecule has 12 heteroatoms. The number of rotatable bonds is 10. The number of amides is 3. The lowest BCUT2D eigenvalue weighted by molar-refractivity contribution is -0.127. The summed E-state index contributed by atoms with van der Waals surface area (Å²) in [6.45, 7) is 3.47. The first kappa shape index (κ1) is 26.8. The summed E-state index contributed by atoms with van der Waals surface area (Å²) in [5, 5.41) is 24.1. The Bertz CT molecular complexity index is 764. The molecule has 31 heavy (non-hydrogen) atoms. The summed E-state index contributed by atoms with van der Waals surface area (Å²) < 4.78 is 18.9. The van der Waals surface area contributed by atoms with Crippen LogP contribution in [0.2, 0.25) is 0 Å². The summed E-state index contributed by atoms with van der Waals surface area (Å²) >= 11 is 2.10. The first-order valence-electron chi connectivity index (χ1n) is 9.31. The second-order valence-corrected chi connectivity index (χ2v) is 8.83. The van der Waals surface area contributed by atoms with Crippen LogP contribution in [-0.2, 0) is 9.53 Å². The van der Waals surface area contributed by atoms with Gasteiger partial charge in [-0.25, -0.2) is 15.0 Å². The number of carbonyl (C=O) groups excluding carboxylic acids is 2. The Morgan fingerprint density at radius 2 is 1.77 bits per heavy atom. The van der Waals surface area contributed by atoms with Gasteiger partial charge in [0.2, 0.25) is 0 Å². The maximum Gasteiger partial charge on any atom is 0.407 e. The summed E-state index contributed by atoms with van der Waals surface area (Å²) in [6.07, 6.45) is -3.50. The number of nitrogens with one attached hydrogen (secondary N) is 4. The van der Waals surface area contributed by atoms with Gasteiger partial charge in [-0.3, -0.25) is 14.6 Å². The number of aliphatic hydroxyl groups excluding tert-OH is 1. The summed E-state index contributed by atoms with van der Waals surface area (Å²) in [4.78, 5) is 35.3. The number of hydrogen-bond donors (Lipinski definition) is 6. The Morgan fingerprint density at radius 3 is 2.26 bits per heavy atom. The molecule has 3 amide bonds. The maximum atomic E-state index is 13.5. The highest BCUT2D eigenvalue weighted by atomic mass is 127. The molecule has 174 valence electrons. The molecule has 10 nitrogen and oxygen atoms in total. The van der Waals surface area contributed by atoms with Gasteiger partial charge in [0.1, 0.15) is 6.04 Å². The number of hydrazine groups is 1. The fourth-order valence-electron chi connectivity index (χ4n) is 2.70. The van der Waals surface area contributed by atoms with E-state index in [2.05, 4.69) is 48.8 Å². The van der Waals surface area contributed by atoms with Crippen molar-refractivity contribution in [1.29, 1.82) is 0 Å². The fraction of sp³-hybridized carbons (Fsp3) is 0.526. The largest absolute Gasteiger partial charge is 0.465 e. The van der Waals surface area contributed by atoms with Crippen molar-refractivity contribution < 1.29 is 33.7 Å². The van der Waals surface area contributed by atoms with Crippen LogP contribution < -0.4 is 21.5 Å². The molecule has 1 unspecified atom stereocenters. The van der Waals surface area contributed by atoms with Crippen LogP contribution in [0.25, 0.3) is 0 Å². The number of ether oxygens (including phenoxy) is 1. The van der Waals surface area contributed by atoms with Crippen molar-refractivity contribution in [2.75, 3.05) is 13.8 Å². The molecule has 0 bridgehead atoms. The SMILES string of the molecule is COC(=O)N[C@H](C(=O)NNC(c1ccc(I)cc1)[C@@H](O)[C@H](C)NC(=O)O)C(C)(C)CF. The number of benzene rings is 1. The maximum absolute atomic E-state index is 13.5. The normalized spacial score (nSPS) is 15.2. The molecule has 0 aromatic heterocycles. The molecule has 1 rings (SSSR count). The van der Waals surface area contributed by atoms with Crippen molar-refractivity contribution in [1.82, 2.24) is 21.5 Å². The smallest absolute Gasteiger partial charge is 0.407 e. The molecule has 0 heterocycles. The van der Waals surface area contributed by atoms with E-state index in [-0.39, 0.29) is 0 Å². The highest BCUT2D eigenvalue weighted by molar-refractivity contribution is 14.1. The van der Waals surface area contributed by atoms with E-state index in [1.807, 2.05) is 0 Å². The van der Waals surface area contributed by atoms with Crippen molar-refractivity contribution in [3.8, 4) is 0 Å². The Kier molecular flexibility index (Phi) is 10.4. The zero-order chi connectivity index (χ0) is 23.8. The lowest BCUT2D eigenvalue weighted by Crippen LogP contribution is -2.59. The van der Waals surface area contributed by atoms with Gasteiger partial charge in [-0.05, 0) is 47.2 Å². The second kappa shape index (κ2) is 12.0. The van der Waals surface area contributed by atoms with E-state index < -0.39 is 54.4 Å². The minimum Gasteiger partial charge on any atom is -0.465 e. The third kappa shape index (κ3) is 8.10. The van der Waals surface area contributed by atoms with Crippen molar-refractivity contribution in [3.05, 3.63) is 33.4 Å². The zero-order valence-electron chi connectivity index (χ0n) is 17.6. The highest BCUT2D eigenvalue weighted by Gasteiger charge is 2.38. The van der Waals surface area contributed by atoms with Gasteiger partial charge in [0.05, 0.1) is 32.0 Å². The Morgan fingerprint density at radius 1 is 1.19 bits per heavy atom. The van der Waals surface area contributed by atoms with Gasteiger partial charge in [0.15, 0.2) is 0 Å². The van der Waals surface area contributed by atoms with Crippen LogP contribution >= 0.6 is 22.6 Å². The molecular formula is C19H28FIN4O6. The minimum atomic E-state index is -1.32. The topological polar surface area (TPSA) is 149 Å². The summed E-state index contributed by atoms with van der Waals surface area (Å²) in [6, 6.07) is 3.87. The first-order valence-corrected chi connectivity index (χ1v) is 10.4. The van der Waals surface area contributed by atoms with Crippen LogP contribution in [0, 0.1) is 8.99 Å². The van der Waals surface area contributed by atoms with E-state index >= 15 is 0 Å². The van der Waals surface area contributed by atoms with Gasteiger partial charge >= 0.3 is 12.2 Å². The molecule has 6 N–H and O–H groups in total. The molecule has 0 aliphatic carbocycles. The third-order valence-electron chi connectivity index (χ3n) is 4.62. The summed E-state index contributed by atoms with van der Waals surface area (Å²) in [5.74, 6) is -0.769. The van der Waals surface area contributed by atoms with Gasteiger partial charge in [-0.2, -0.15) is 0 Å². The van der Waals surface area contributed by atoms with Gasteiger partial charge in [0, 0.05) is 8.99 Å². The van der Waals surface area contributed by atoms with E-state index in [1.165, 1.54) is 20.8 Å². The van der Waals surface area contributed by atoms with Crippen LogP contribution in [0.4, 0.5) is 14.0 Å². The lowest BCUT2D eigenvalue weighted by Gasteiger charge is -2.33. The van der Waals surface area contributed by atoms with E-state index in [9.17, 15) is 23.9 Å². The van der Waals surface area contributed by atoms with Crippen molar-refractivity contribution in [2.24, 2.45) is 5.41 Å². The number of alkyl halides is 1. The predicted octanol–water partition coefficient (Wildman–Crippen LogP) is 1.69. The number of methoxy groups -OCH3 is 1. The van der Waals surface area contributed by atoms with Crippen molar-refractivity contribution in [2.45, 2.75) is 45.0 Å². The van der Waals surface area contributed by atoms with E-state index in [4.69, 9.17) is 5.11 Å². The quantitative estimate of drug-likeness (QED) is 0.191. The predicted molar refractivity (Wildman–Crippen MR) is 119 cm³/mol. The average molecular weight is 554 g/mol. The number of alkyl carbamates (subject to hydrolysis) is 1. The molecule has 0 spiro atoms. The molecular weight excluding hydrogens is 526 g/mol. The van der Waals surface area contributed by atoms with Crippen LogP contribution in [0.3, 0.4) is 0 Å². The van der Waals surface area contributed by atoms with E-state index in [1.54, 1.807) is 24.3 Å². The molecule has 0 radical (unpaired) electrons. The molecule has 1 aromatic carbocycles. The molecule has 0 aliphatic heterocycles. The second-order valence-electron chi connectivity index (χ2n) is 7.58. The number of halogens is 2. The molecule has 0 saturated heterocycles. The number of hydrogen-bond acceptors (Lipinski definition) is 6. The monoisotopic (exact) mass is 554 g/mol.